The summed E-state index contributed by atoms with van der Waals surface area (Å²) in [4.78, 5) is 30.2. The summed E-state index contributed by atoms with van der Waals surface area (Å²) >= 11 is 19.8. The summed E-state index contributed by atoms with van der Waals surface area (Å²) in [6.07, 6.45) is -1.54. The van der Waals surface area contributed by atoms with E-state index in [9.17, 15) is 9.59 Å². The van der Waals surface area contributed by atoms with E-state index < -0.39 is 24.4 Å². The number of aromatic nitrogens is 1. The molecule has 0 fully saturated rings. The Morgan fingerprint density at radius 2 is 2.03 bits per heavy atom. The van der Waals surface area contributed by atoms with E-state index in [1.54, 1.807) is 12.1 Å². The minimum atomic E-state index is -1.12. The largest absolute Gasteiger partial charge is 0.481 e. The van der Waals surface area contributed by atoms with Crippen LogP contribution in [0.5, 0.6) is 5.75 Å². The maximum absolute atomic E-state index is 13.0. The Morgan fingerprint density at radius 1 is 1.28 bits per heavy atom. The Balaban J connectivity index is 1.75. The molecule has 0 aliphatic carbocycles. The first-order valence-corrected chi connectivity index (χ1v) is 10.4. The highest BCUT2D eigenvalue weighted by atomic mass is 35.5. The van der Waals surface area contributed by atoms with Crippen LogP contribution in [0.3, 0.4) is 0 Å². The van der Waals surface area contributed by atoms with E-state index >= 15 is 0 Å². The highest BCUT2D eigenvalue weighted by molar-refractivity contribution is 7.19. The molecule has 6 nitrogen and oxygen atoms in total. The number of nitrogens with zero attached hydrogens (tertiary/aromatic N) is 2. The minimum absolute atomic E-state index is 0.139. The number of aryl methyl sites for hydroxylation is 1. The molecule has 1 aliphatic rings. The number of rotatable bonds is 4. The van der Waals surface area contributed by atoms with Gasteiger partial charge in [0.1, 0.15) is 10.8 Å². The van der Waals surface area contributed by atoms with Crippen LogP contribution < -0.4 is 9.64 Å². The zero-order chi connectivity index (χ0) is 20.9. The van der Waals surface area contributed by atoms with Crippen molar-refractivity contribution in [1.29, 1.82) is 0 Å². The smallest absolute Gasteiger partial charge is 0.307 e. The predicted molar refractivity (Wildman–Crippen MR) is 114 cm³/mol. The number of ether oxygens (including phenoxy) is 1. The fourth-order valence-electron chi connectivity index (χ4n) is 3.11. The molecule has 0 saturated carbocycles. The number of carbonyl (C=O) groups excluding carboxylic acids is 1. The number of hydrogen-bond donors (Lipinski definition) is 1. The highest BCUT2D eigenvalue weighted by Crippen LogP contribution is 2.41. The molecule has 1 aliphatic heterocycles. The number of anilines is 1. The standard InChI is InChI=1S/C19H13Cl3N2O4S/c1-8-2-3-12-11(4-8)24(19(27)13(28-12)6-15(25)26)7-14-23-10-5-9(20)16(21)17(22)18(10)29-14/h2-5,13H,6-7H2,1H3,(H,25,26). The lowest BCUT2D eigenvalue weighted by Crippen LogP contribution is -2.46. The van der Waals surface area contributed by atoms with E-state index in [1.807, 2.05) is 19.1 Å². The molecular formula is C19H13Cl3N2O4S. The van der Waals surface area contributed by atoms with Gasteiger partial charge in [0.15, 0.2) is 6.10 Å². The van der Waals surface area contributed by atoms with Gasteiger partial charge in [0, 0.05) is 0 Å². The van der Waals surface area contributed by atoms with Crippen LogP contribution in [0.1, 0.15) is 17.0 Å². The Kier molecular flexibility index (Phi) is 5.33. The third-order valence-corrected chi connectivity index (χ3v) is 6.88. The lowest BCUT2D eigenvalue weighted by Gasteiger charge is -2.33. The zero-order valence-corrected chi connectivity index (χ0v) is 18.0. The van der Waals surface area contributed by atoms with Gasteiger partial charge in [-0.05, 0) is 30.7 Å². The number of hydrogen-bond acceptors (Lipinski definition) is 5. The van der Waals surface area contributed by atoms with Crippen molar-refractivity contribution in [2.75, 3.05) is 4.90 Å². The quantitative estimate of drug-likeness (QED) is 0.520. The Morgan fingerprint density at radius 3 is 2.76 bits per heavy atom. The molecule has 150 valence electrons. The number of halogens is 3. The summed E-state index contributed by atoms with van der Waals surface area (Å²) < 4.78 is 6.31. The molecule has 0 radical (unpaired) electrons. The molecule has 1 aromatic heterocycles. The molecule has 1 atom stereocenters. The number of amides is 1. The van der Waals surface area contributed by atoms with E-state index in [-0.39, 0.29) is 11.6 Å². The SMILES string of the molecule is Cc1ccc2c(c1)N(Cc1nc3cc(Cl)c(Cl)c(Cl)c3s1)C(=O)C(CC(=O)O)O2. The van der Waals surface area contributed by atoms with Crippen molar-refractivity contribution in [3.05, 3.63) is 49.9 Å². The molecule has 1 amide bonds. The van der Waals surface area contributed by atoms with Crippen molar-refractivity contribution in [2.45, 2.75) is 26.0 Å². The zero-order valence-electron chi connectivity index (χ0n) is 14.9. The van der Waals surface area contributed by atoms with Crippen molar-refractivity contribution in [1.82, 2.24) is 4.98 Å². The van der Waals surface area contributed by atoms with E-state index in [4.69, 9.17) is 44.6 Å². The van der Waals surface area contributed by atoms with Gasteiger partial charge < -0.3 is 9.84 Å². The molecule has 1 unspecified atom stereocenters. The van der Waals surface area contributed by atoms with Gasteiger partial charge in [0.05, 0.1) is 43.9 Å². The van der Waals surface area contributed by atoms with Gasteiger partial charge in [-0.3, -0.25) is 14.5 Å². The number of thiazole rings is 1. The molecule has 2 aromatic carbocycles. The summed E-state index contributed by atoms with van der Waals surface area (Å²) in [5, 5.41) is 10.6. The van der Waals surface area contributed by atoms with Gasteiger partial charge >= 0.3 is 5.97 Å². The minimum Gasteiger partial charge on any atom is -0.481 e. The second-order valence-electron chi connectivity index (χ2n) is 6.54. The maximum Gasteiger partial charge on any atom is 0.307 e. The first-order chi connectivity index (χ1) is 13.7. The van der Waals surface area contributed by atoms with Crippen LogP contribution >= 0.6 is 46.1 Å². The van der Waals surface area contributed by atoms with Crippen LogP contribution in [0, 0.1) is 6.92 Å². The summed E-state index contributed by atoms with van der Waals surface area (Å²) in [7, 11) is 0. The van der Waals surface area contributed by atoms with Gasteiger partial charge in [-0.25, -0.2) is 4.98 Å². The molecule has 2 heterocycles. The van der Waals surface area contributed by atoms with E-state index in [1.165, 1.54) is 16.2 Å². The Hall–Kier alpha value is -2.06. The molecule has 0 spiro atoms. The summed E-state index contributed by atoms with van der Waals surface area (Å²) in [5.74, 6) is -1.10. The third kappa shape index (κ3) is 3.75. The fourth-order valence-corrected chi connectivity index (χ4v) is 4.85. The van der Waals surface area contributed by atoms with Crippen LogP contribution in [0.25, 0.3) is 10.2 Å². The van der Waals surface area contributed by atoms with Crippen molar-refractivity contribution >= 4 is 73.9 Å². The number of aliphatic carboxylic acids is 1. The lowest BCUT2D eigenvalue weighted by molar-refractivity contribution is -0.142. The van der Waals surface area contributed by atoms with Crippen LogP contribution in [-0.4, -0.2) is 28.1 Å². The molecule has 0 bridgehead atoms. The first-order valence-electron chi connectivity index (χ1n) is 8.48. The predicted octanol–water partition coefficient (Wildman–Crippen LogP) is 5.33. The molecular weight excluding hydrogens is 459 g/mol. The number of fused-ring (bicyclic) bond motifs is 2. The monoisotopic (exact) mass is 470 g/mol. The molecule has 3 aromatic rings. The molecule has 4 rings (SSSR count). The number of carboxylic acids is 1. The average molecular weight is 472 g/mol. The van der Waals surface area contributed by atoms with Gasteiger partial charge in [-0.15, -0.1) is 11.3 Å². The lowest BCUT2D eigenvalue weighted by atomic mass is 10.1. The van der Waals surface area contributed by atoms with Crippen LogP contribution in [0.15, 0.2) is 24.3 Å². The Labute approximate surface area is 184 Å². The second-order valence-corrected chi connectivity index (χ2v) is 8.79. The molecule has 1 N–H and O–H groups in total. The van der Waals surface area contributed by atoms with Gasteiger partial charge in [-0.1, -0.05) is 40.9 Å². The van der Waals surface area contributed by atoms with Crippen molar-refractivity contribution in [3.63, 3.8) is 0 Å². The topological polar surface area (TPSA) is 79.7 Å². The highest BCUT2D eigenvalue weighted by Gasteiger charge is 2.36. The molecule has 29 heavy (non-hydrogen) atoms. The fraction of sp³-hybridized carbons (Fsp3) is 0.211. The van der Waals surface area contributed by atoms with Crippen LogP contribution in [0.2, 0.25) is 15.1 Å². The van der Waals surface area contributed by atoms with Gasteiger partial charge in [0.25, 0.3) is 5.91 Å². The summed E-state index contributed by atoms with van der Waals surface area (Å²) in [6, 6.07) is 7.01. The Bertz CT molecular complexity index is 1160. The van der Waals surface area contributed by atoms with Crippen molar-refractivity contribution in [2.24, 2.45) is 0 Å². The van der Waals surface area contributed by atoms with Crippen molar-refractivity contribution in [3.8, 4) is 5.75 Å². The summed E-state index contributed by atoms with van der Waals surface area (Å²) in [6.45, 7) is 2.04. The normalized spacial score (nSPS) is 16.1. The number of carbonyl (C=O) groups is 2. The molecule has 10 heteroatoms. The average Bonchev–Trinajstić information content (AvgIpc) is 3.06. The first kappa shape index (κ1) is 20.2. The van der Waals surface area contributed by atoms with E-state index in [0.717, 1.165) is 5.56 Å². The number of benzene rings is 2. The second kappa shape index (κ2) is 7.65. The van der Waals surface area contributed by atoms with Crippen molar-refractivity contribution < 1.29 is 19.4 Å². The van der Waals surface area contributed by atoms with Crippen LogP contribution in [0.4, 0.5) is 5.69 Å². The van der Waals surface area contributed by atoms with Gasteiger partial charge in [0.2, 0.25) is 0 Å². The number of carboxylic acid groups (broad SMARTS) is 1. The van der Waals surface area contributed by atoms with Gasteiger partial charge in [-0.2, -0.15) is 0 Å². The third-order valence-electron chi connectivity index (χ3n) is 4.43. The summed E-state index contributed by atoms with van der Waals surface area (Å²) in [5.41, 5.74) is 2.09. The van der Waals surface area contributed by atoms with E-state index in [0.29, 0.717) is 36.7 Å². The maximum atomic E-state index is 13.0. The van der Waals surface area contributed by atoms with Crippen LogP contribution in [-0.2, 0) is 16.1 Å². The van der Waals surface area contributed by atoms with E-state index in [2.05, 4.69) is 4.98 Å². The molecule has 0 saturated heterocycles.